The van der Waals surface area contributed by atoms with E-state index in [0.29, 0.717) is 28.0 Å². The molecule has 0 fully saturated rings. The van der Waals surface area contributed by atoms with Gasteiger partial charge >= 0.3 is 0 Å². The second-order valence-corrected chi connectivity index (χ2v) is 4.53. The number of carbonyl (C=O) groups is 1. The van der Waals surface area contributed by atoms with E-state index in [1.54, 1.807) is 43.8 Å². The molecule has 0 unspecified atom stereocenters. The highest BCUT2D eigenvalue weighted by Gasteiger charge is 2.18. The van der Waals surface area contributed by atoms with Gasteiger partial charge in [0.15, 0.2) is 0 Å². The topological polar surface area (TPSA) is 85.0 Å². The summed E-state index contributed by atoms with van der Waals surface area (Å²) in [5.74, 6) is -0.195. The van der Waals surface area contributed by atoms with Crippen LogP contribution in [0.3, 0.4) is 0 Å². The molecule has 6 heteroatoms. The monoisotopic (exact) mass is 279 g/mol. The quantitative estimate of drug-likeness (QED) is 0.774. The molecule has 1 amide bonds. The van der Waals surface area contributed by atoms with Crippen molar-refractivity contribution in [3.8, 4) is 0 Å². The van der Waals surface area contributed by atoms with Crippen LogP contribution >= 0.6 is 0 Å². The molecule has 0 bridgehead atoms. The summed E-state index contributed by atoms with van der Waals surface area (Å²) in [4.78, 5) is 26.6. The van der Waals surface area contributed by atoms with Crippen LogP contribution < -0.4 is 10.6 Å². The normalized spacial score (nSPS) is 10.5. The number of benzene rings is 1. The molecule has 2 N–H and O–H groups in total. The molecule has 0 saturated heterocycles. The zero-order valence-corrected chi connectivity index (χ0v) is 11.4. The lowest BCUT2D eigenvalue weighted by molar-refractivity contribution is 0.0994. The van der Waals surface area contributed by atoms with Gasteiger partial charge in [-0.2, -0.15) is 0 Å². The maximum absolute atomic E-state index is 12.7. The number of nitrogen functional groups attached to an aromatic ring is 1. The summed E-state index contributed by atoms with van der Waals surface area (Å²) >= 11 is 0. The molecule has 3 rings (SSSR count). The highest BCUT2D eigenvalue weighted by atomic mass is 16.2. The fraction of sp³-hybridized carbons (Fsp3) is 0.0667. The number of carbonyl (C=O) groups excluding carboxylic acids is 1. The molecular weight excluding hydrogens is 266 g/mol. The molecule has 0 atom stereocenters. The van der Waals surface area contributed by atoms with E-state index in [-0.39, 0.29) is 5.91 Å². The van der Waals surface area contributed by atoms with Gasteiger partial charge in [-0.3, -0.25) is 19.7 Å². The SMILES string of the molecule is CN(C(=O)c1cccc2nccnc12)c1ccncc1N. The van der Waals surface area contributed by atoms with Gasteiger partial charge in [0.05, 0.1) is 28.7 Å². The number of fused-ring (bicyclic) bond motifs is 1. The Balaban J connectivity index is 2.07. The zero-order valence-electron chi connectivity index (χ0n) is 11.4. The van der Waals surface area contributed by atoms with E-state index in [1.807, 2.05) is 6.07 Å². The van der Waals surface area contributed by atoms with Crippen LogP contribution in [-0.4, -0.2) is 27.9 Å². The van der Waals surface area contributed by atoms with Crippen LogP contribution in [0.4, 0.5) is 11.4 Å². The summed E-state index contributed by atoms with van der Waals surface area (Å²) in [5.41, 5.74) is 8.66. The number of rotatable bonds is 2. The average Bonchev–Trinajstić information content (AvgIpc) is 2.53. The maximum atomic E-state index is 12.7. The zero-order chi connectivity index (χ0) is 14.8. The molecule has 2 aromatic heterocycles. The number of hydrogen-bond donors (Lipinski definition) is 1. The number of nitrogens with two attached hydrogens (primary N) is 1. The van der Waals surface area contributed by atoms with Gasteiger partial charge in [-0.25, -0.2) is 0 Å². The molecule has 0 radical (unpaired) electrons. The average molecular weight is 279 g/mol. The number of amides is 1. The summed E-state index contributed by atoms with van der Waals surface area (Å²) in [6.45, 7) is 0. The van der Waals surface area contributed by atoms with Crippen molar-refractivity contribution in [3.05, 3.63) is 54.6 Å². The Labute approximate surface area is 121 Å². The molecule has 0 spiro atoms. The van der Waals surface area contributed by atoms with Gasteiger partial charge < -0.3 is 10.6 Å². The van der Waals surface area contributed by atoms with Crippen molar-refractivity contribution in [2.75, 3.05) is 17.7 Å². The molecule has 21 heavy (non-hydrogen) atoms. The van der Waals surface area contributed by atoms with Crippen molar-refractivity contribution in [1.82, 2.24) is 15.0 Å². The van der Waals surface area contributed by atoms with Crippen LogP contribution in [0.5, 0.6) is 0 Å². The minimum absolute atomic E-state index is 0.195. The molecule has 0 saturated carbocycles. The van der Waals surface area contributed by atoms with Gasteiger partial charge in [0.2, 0.25) is 0 Å². The first-order chi connectivity index (χ1) is 10.2. The second kappa shape index (κ2) is 5.16. The number of hydrogen-bond acceptors (Lipinski definition) is 5. The van der Waals surface area contributed by atoms with Crippen molar-refractivity contribution >= 4 is 28.3 Å². The van der Waals surface area contributed by atoms with Crippen LogP contribution in [0.1, 0.15) is 10.4 Å². The Kier molecular flexibility index (Phi) is 3.19. The van der Waals surface area contributed by atoms with E-state index in [1.165, 1.54) is 11.1 Å². The predicted molar refractivity (Wildman–Crippen MR) is 80.9 cm³/mol. The van der Waals surface area contributed by atoms with Crippen molar-refractivity contribution in [2.24, 2.45) is 0 Å². The Hall–Kier alpha value is -3.02. The van der Waals surface area contributed by atoms with E-state index in [0.717, 1.165) is 0 Å². The Morgan fingerprint density at radius 1 is 1.14 bits per heavy atom. The second-order valence-electron chi connectivity index (χ2n) is 4.53. The highest BCUT2D eigenvalue weighted by Crippen LogP contribution is 2.23. The maximum Gasteiger partial charge on any atom is 0.260 e. The number of pyridine rings is 1. The van der Waals surface area contributed by atoms with Gasteiger partial charge in [-0.05, 0) is 18.2 Å². The lowest BCUT2D eigenvalue weighted by Crippen LogP contribution is -2.27. The molecule has 6 nitrogen and oxygen atoms in total. The van der Waals surface area contributed by atoms with Gasteiger partial charge in [0.25, 0.3) is 5.91 Å². The van der Waals surface area contributed by atoms with E-state index in [9.17, 15) is 4.79 Å². The van der Waals surface area contributed by atoms with Gasteiger partial charge in [-0.1, -0.05) is 6.07 Å². The van der Waals surface area contributed by atoms with E-state index < -0.39 is 0 Å². The number of aromatic nitrogens is 3. The molecule has 1 aromatic carbocycles. The van der Waals surface area contributed by atoms with Crippen LogP contribution in [0.25, 0.3) is 11.0 Å². The Bertz CT molecular complexity index is 813. The third-order valence-electron chi connectivity index (χ3n) is 3.22. The lowest BCUT2D eigenvalue weighted by atomic mass is 10.1. The van der Waals surface area contributed by atoms with E-state index in [4.69, 9.17) is 5.73 Å². The molecule has 2 heterocycles. The first-order valence-electron chi connectivity index (χ1n) is 6.36. The van der Waals surface area contributed by atoms with Crippen molar-refractivity contribution in [2.45, 2.75) is 0 Å². The third kappa shape index (κ3) is 2.27. The smallest absolute Gasteiger partial charge is 0.260 e. The van der Waals surface area contributed by atoms with Crippen LogP contribution in [0, 0.1) is 0 Å². The molecule has 0 aliphatic carbocycles. The van der Waals surface area contributed by atoms with Crippen LogP contribution in [-0.2, 0) is 0 Å². The summed E-state index contributed by atoms with van der Waals surface area (Å²) < 4.78 is 0. The molecule has 104 valence electrons. The molecule has 0 aliphatic heterocycles. The van der Waals surface area contributed by atoms with Crippen molar-refractivity contribution in [3.63, 3.8) is 0 Å². The summed E-state index contributed by atoms with van der Waals surface area (Å²) in [5, 5.41) is 0. The third-order valence-corrected chi connectivity index (χ3v) is 3.22. The predicted octanol–water partition coefficient (Wildman–Crippen LogP) is 1.88. The lowest BCUT2D eigenvalue weighted by Gasteiger charge is -2.19. The molecule has 3 aromatic rings. The number of anilines is 2. The van der Waals surface area contributed by atoms with Gasteiger partial charge in [0, 0.05) is 25.6 Å². The summed E-state index contributed by atoms with van der Waals surface area (Å²) in [6, 6.07) is 7.03. The Morgan fingerprint density at radius 3 is 2.76 bits per heavy atom. The van der Waals surface area contributed by atoms with Crippen molar-refractivity contribution < 1.29 is 4.79 Å². The Morgan fingerprint density at radius 2 is 1.95 bits per heavy atom. The summed E-state index contributed by atoms with van der Waals surface area (Å²) in [7, 11) is 1.67. The first-order valence-corrected chi connectivity index (χ1v) is 6.36. The van der Waals surface area contributed by atoms with Crippen LogP contribution in [0.15, 0.2) is 49.1 Å². The minimum atomic E-state index is -0.195. The number of nitrogens with zero attached hydrogens (tertiary/aromatic N) is 4. The first kappa shape index (κ1) is 13.0. The van der Waals surface area contributed by atoms with Gasteiger partial charge in [-0.15, -0.1) is 0 Å². The summed E-state index contributed by atoms with van der Waals surface area (Å²) in [6.07, 6.45) is 6.28. The fourth-order valence-corrected chi connectivity index (χ4v) is 2.16. The highest BCUT2D eigenvalue weighted by molar-refractivity contribution is 6.13. The molecular formula is C15H13N5O. The van der Waals surface area contributed by atoms with E-state index >= 15 is 0 Å². The number of para-hydroxylation sites is 1. The van der Waals surface area contributed by atoms with Crippen molar-refractivity contribution in [1.29, 1.82) is 0 Å². The minimum Gasteiger partial charge on any atom is -0.396 e. The van der Waals surface area contributed by atoms with Crippen LogP contribution in [0.2, 0.25) is 0 Å². The molecule has 0 aliphatic rings. The fourth-order valence-electron chi connectivity index (χ4n) is 2.16. The van der Waals surface area contributed by atoms with E-state index in [2.05, 4.69) is 15.0 Å². The van der Waals surface area contributed by atoms with Gasteiger partial charge in [0.1, 0.15) is 5.52 Å². The standard InChI is InChI=1S/C15H13N5O/c1-20(13-5-6-17-9-11(13)16)15(21)10-3-2-4-12-14(10)19-8-7-18-12/h2-9H,16H2,1H3. The largest absolute Gasteiger partial charge is 0.396 e.